The summed E-state index contributed by atoms with van der Waals surface area (Å²) in [5, 5.41) is 7.97. The molecule has 2 aromatic heterocycles. The Balaban J connectivity index is 1.65. The highest BCUT2D eigenvalue weighted by molar-refractivity contribution is 7.09. The number of aromatic nitrogens is 1. The van der Waals surface area contributed by atoms with Crippen LogP contribution in [0.1, 0.15) is 4.88 Å². The van der Waals surface area contributed by atoms with Gasteiger partial charge in [0.05, 0.1) is 10.5 Å². The molecule has 0 radical (unpaired) electrons. The predicted molar refractivity (Wildman–Crippen MR) is 88.0 cm³/mol. The van der Waals surface area contributed by atoms with E-state index in [0.717, 1.165) is 30.5 Å². The van der Waals surface area contributed by atoms with Crippen LogP contribution in [0.3, 0.4) is 0 Å². The summed E-state index contributed by atoms with van der Waals surface area (Å²) in [4.78, 5) is 1.36. The van der Waals surface area contributed by atoms with E-state index >= 15 is 0 Å². The van der Waals surface area contributed by atoms with Crippen molar-refractivity contribution in [3.05, 3.63) is 56.8 Å². The molecule has 1 aromatic carbocycles. The molecule has 5 heteroatoms. The molecule has 104 valence electrons. The number of hydrogen-bond acceptors (Lipinski definition) is 2. The Labute approximate surface area is 131 Å². The zero-order valence-corrected chi connectivity index (χ0v) is 13.1. The van der Waals surface area contributed by atoms with Gasteiger partial charge in [0.15, 0.2) is 0 Å². The molecule has 0 aliphatic heterocycles. The lowest BCUT2D eigenvalue weighted by Gasteiger charge is -2.07. The highest BCUT2D eigenvalue weighted by Gasteiger charge is 2.06. The predicted octanol–water partition coefficient (Wildman–Crippen LogP) is 4.80. The Morgan fingerprint density at radius 1 is 1.20 bits per heavy atom. The summed E-state index contributed by atoms with van der Waals surface area (Å²) in [5.74, 6) is 0. The van der Waals surface area contributed by atoms with Crippen molar-refractivity contribution in [1.29, 1.82) is 0 Å². The lowest BCUT2D eigenvalue weighted by atomic mass is 10.2. The molecule has 0 unspecified atom stereocenters. The highest BCUT2D eigenvalue weighted by atomic mass is 35.5. The molecule has 0 amide bonds. The van der Waals surface area contributed by atoms with Crippen LogP contribution >= 0.6 is 34.5 Å². The van der Waals surface area contributed by atoms with Gasteiger partial charge in [-0.15, -0.1) is 11.3 Å². The quantitative estimate of drug-likeness (QED) is 0.667. The molecule has 1 N–H and O–H groups in total. The van der Waals surface area contributed by atoms with Crippen LogP contribution in [0, 0.1) is 0 Å². The van der Waals surface area contributed by atoms with Crippen molar-refractivity contribution >= 4 is 45.4 Å². The molecule has 3 aromatic rings. The van der Waals surface area contributed by atoms with E-state index < -0.39 is 0 Å². The van der Waals surface area contributed by atoms with Gasteiger partial charge >= 0.3 is 0 Å². The van der Waals surface area contributed by atoms with Gasteiger partial charge in [-0.05, 0) is 29.6 Å². The Bertz CT molecular complexity index is 704. The molecule has 0 atom stereocenters. The number of hydrogen-bond donors (Lipinski definition) is 1. The third-order valence-electron chi connectivity index (χ3n) is 3.21. The first-order valence-corrected chi connectivity index (χ1v) is 8.04. The van der Waals surface area contributed by atoms with E-state index in [2.05, 4.69) is 33.6 Å². The maximum Gasteiger partial charge on any atom is 0.0514 e. The van der Waals surface area contributed by atoms with E-state index in [1.165, 1.54) is 4.88 Å². The summed E-state index contributed by atoms with van der Waals surface area (Å²) in [5.41, 5.74) is 1.08. The standard InChI is InChI=1S/C15H14Cl2N2S/c16-11-8-14(17)13-3-5-19(15(13)9-11)6-4-18-10-12-2-1-7-20-12/h1-3,5,7-9,18H,4,6,10H2. The lowest BCUT2D eigenvalue weighted by Crippen LogP contribution is -2.18. The van der Waals surface area contributed by atoms with Gasteiger partial charge in [-0.3, -0.25) is 0 Å². The van der Waals surface area contributed by atoms with E-state index in [4.69, 9.17) is 23.2 Å². The summed E-state index contributed by atoms with van der Waals surface area (Å²) < 4.78 is 2.18. The van der Waals surface area contributed by atoms with Crippen molar-refractivity contribution in [2.24, 2.45) is 0 Å². The summed E-state index contributed by atoms with van der Waals surface area (Å²) in [6.07, 6.45) is 2.06. The molecule has 0 fully saturated rings. The molecule has 0 saturated carbocycles. The molecule has 0 bridgehead atoms. The second-order valence-electron chi connectivity index (χ2n) is 4.59. The number of benzene rings is 1. The molecule has 3 rings (SSSR count). The van der Waals surface area contributed by atoms with Gasteiger partial charge in [0.1, 0.15) is 0 Å². The van der Waals surface area contributed by atoms with Gasteiger partial charge in [0, 0.05) is 41.1 Å². The van der Waals surface area contributed by atoms with Gasteiger partial charge in [0.2, 0.25) is 0 Å². The molecular weight excluding hydrogens is 311 g/mol. The van der Waals surface area contributed by atoms with E-state index in [0.29, 0.717) is 10.0 Å². The fourth-order valence-electron chi connectivity index (χ4n) is 2.24. The number of rotatable bonds is 5. The minimum absolute atomic E-state index is 0.675. The van der Waals surface area contributed by atoms with E-state index in [9.17, 15) is 0 Å². The minimum atomic E-state index is 0.675. The van der Waals surface area contributed by atoms with Gasteiger partial charge in [-0.25, -0.2) is 0 Å². The fraction of sp³-hybridized carbons (Fsp3) is 0.200. The van der Waals surface area contributed by atoms with Crippen LogP contribution in [-0.4, -0.2) is 11.1 Å². The molecule has 2 heterocycles. The molecule has 0 aliphatic rings. The zero-order valence-electron chi connectivity index (χ0n) is 10.8. The van der Waals surface area contributed by atoms with Crippen LogP contribution in [0.25, 0.3) is 10.9 Å². The Morgan fingerprint density at radius 2 is 2.10 bits per heavy atom. The van der Waals surface area contributed by atoms with Crippen LogP contribution < -0.4 is 5.32 Å². The smallest absolute Gasteiger partial charge is 0.0514 e. The normalized spacial score (nSPS) is 11.3. The molecular formula is C15H14Cl2N2S. The van der Waals surface area contributed by atoms with Crippen LogP contribution in [0.2, 0.25) is 10.0 Å². The van der Waals surface area contributed by atoms with Crippen molar-refractivity contribution in [3.63, 3.8) is 0 Å². The van der Waals surface area contributed by atoms with Gasteiger partial charge in [0.25, 0.3) is 0 Å². The largest absolute Gasteiger partial charge is 0.346 e. The van der Waals surface area contributed by atoms with E-state index in [1.54, 1.807) is 17.4 Å². The first-order chi connectivity index (χ1) is 9.74. The SMILES string of the molecule is Clc1cc(Cl)c2ccn(CCNCc3cccs3)c2c1. The van der Waals surface area contributed by atoms with E-state index in [-0.39, 0.29) is 0 Å². The summed E-state index contributed by atoms with van der Waals surface area (Å²) in [6.45, 7) is 2.72. The Hall–Kier alpha value is -1.00. The topological polar surface area (TPSA) is 17.0 Å². The first-order valence-electron chi connectivity index (χ1n) is 6.41. The average Bonchev–Trinajstić information content (AvgIpc) is 3.04. The van der Waals surface area contributed by atoms with Crippen LogP contribution in [0.5, 0.6) is 0 Å². The van der Waals surface area contributed by atoms with Crippen molar-refractivity contribution in [1.82, 2.24) is 9.88 Å². The number of nitrogens with one attached hydrogen (secondary N) is 1. The van der Waals surface area contributed by atoms with Crippen molar-refractivity contribution in [2.75, 3.05) is 6.54 Å². The number of thiophene rings is 1. The zero-order chi connectivity index (χ0) is 13.9. The summed E-state index contributed by atoms with van der Waals surface area (Å²) >= 11 is 14.0. The molecule has 2 nitrogen and oxygen atoms in total. The maximum atomic E-state index is 6.19. The average molecular weight is 325 g/mol. The van der Waals surface area contributed by atoms with E-state index in [1.807, 2.05) is 12.1 Å². The maximum absolute atomic E-state index is 6.19. The van der Waals surface area contributed by atoms with Crippen LogP contribution in [0.15, 0.2) is 41.9 Å². The summed E-state index contributed by atoms with van der Waals surface area (Å²) in [7, 11) is 0. The fourth-order valence-corrected chi connectivity index (χ4v) is 3.46. The van der Waals surface area contributed by atoms with Gasteiger partial charge in [-0.1, -0.05) is 29.3 Å². The van der Waals surface area contributed by atoms with Crippen molar-refractivity contribution < 1.29 is 0 Å². The van der Waals surface area contributed by atoms with Crippen molar-refractivity contribution in [2.45, 2.75) is 13.1 Å². The second-order valence-corrected chi connectivity index (χ2v) is 6.46. The molecule has 0 aliphatic carbocycles. The lowest BCUT2D eigenvalue weighted by molar-refractivity contribution is 0.613. The Morgan fingerprint density at radius 3 is 2.90 bits per heavy atom. The first kappa shape index (κ1) is 14.0. The van der Waals surface area contributed by atoms with Crippen molar-refractivity contribution in [3.8, 4) is 0 Å². The van der Waals surface area contributed by atoms with Gasteiger partial charge in [-0.2, -0.15) is 0 Å². The minimum Gasteiger partial charge on any atom is -0.346 e. The molecule has 0 saturated heterocycles. The number of nitrogens with zero attached hydrogens (tertiary/aromatic N) is 1. The Kier molecular flexibility index (Phi) is 4.32. The molecule has 20 heavy (non-hydrogen) atoms. The number of halogens is 2. The third kappa shape index (κ3) is 3.01. The van der Waals surface area contributed by atoms with Crippen LogP contribution in [-0.2, 0) is 13.1 Å². The third-order valence-corrected chi connectivity index (χ3v) is 4.62. The van der Waals surface area contributed by atoms with Gasteiger partial charge < -0.3 is 9.88 Å². The highest BCUT2D eigenvalue weighted by Crippen LogP contribution is 2.28. The second kappa shape index (κ2) is 6.19. The monoisotopic (exact) mass is 324 g/mol. The number of fused-ring (bicyclic) bond motifs is 1. The molecule has 0 spiro atoms. The summed E-state index contributed by atoms with van der Waals surface area (Å²) in [6, 6.07) is 9.99. The van der Waals surface area contributed by atoms with Crippen LogP contribution in [0.4, 0.5) is 0 Å².